The zero-order valence-electron chi connectivity index (χ0n) is 8.72. The summed E-state index contributed by atoms with van der Waals surface area (Å²) in [6, 6.07) is 2.82. The molecule has 0 unspecified atom stereocenters. The van der Waals surface area contributed by atoms with Crippen molar-refractivity contribution < 1.29 is 9.66 Å². The maximum absolute atomic E-state index is 10.7. The molecule has 0 saturated heterocycles. The van der Waals surface area contributed by atoms with E-state index in [0.717, 1.165) is 0 Å². The van der Waals surface area contributed by atoms with E-state index in [2.05, 4.69) is 4.98 Å². The first-order chi connectivity index (χ1) is 7.69. The molecule has 0 aliphatic heterocycles. The Kier molecular flexibility index (Phi) is 4.72. The van der Waals surface area contributed by atoms with Crippen LogP contribution in [0.2, 0.25) is 0 Å². The van der Waals surface area contributed by atoms with Crippen LogP contribution >= 0.6 is 11.6 Å². The molecule has 1 heterocycles. The van der Waals surface area contributed by atoms with Crippen LogP contribution in [-0.2, 0) is 0 Å². The summed E-state index contributed by atoms with van der Waals surface area (Å²) in [4.78, 5) is 14.2. The maximum atomic E-state index is 10.7. The van der Waals surface area contributed by atoms with E-state index in [9.17, 15) is 10.1 Å². The third kappa shape index (κ3) is 3.20. The van der Waals surface area contributed by atoms with Gasteiger partial charge in [-0.3, -0.25) is 10.1 Å². The summed E-state index contributed by atoms with van der Waals surface area (Å²) in [5.74, 6) is 0.810. The number of alkyl halides is 1. The first-order valence-electron chi connectivity index (χ1n) is 4.61. The second kappa shape index (κ2) is 6.07. The Morgan fingerprint density at radius 2 is 2.38 bits per heavy atom. The van der Waals surface area contributed by atoms with Gasteiger partial charge >= 0.3 is 0 Å². The van der Waals surface area contributed by atoms with Crippen molar-refractivity contribution in [1.29, 1.82) is 0 Å². The van der Waals surface area contributed by atoms with Crippen molar-refractivity contribution in [2.75, 3.05) is 13.0 Å². The van der Waals surface area contributed by atoms with E-state index in [1.165, 1.54) is 19.2 Å². The molecule has 0 N–H and O–H groups in total. The highest BCUT2D eigenvalue weighted by molar-refractivity contribution is 6.17. The van der Waals surface area contributed by atoms with Gasteiger partial charge in [0.1, 0.15) is 5.69 Å². The van der Waals surface area contributed by atoms with Crippen molar-refractivity contribution in [1.82, 2.24) is 4.98 Å². The standard InChI is InChI=1S/C10H11ClN2O3/c1-16-10-6-5-9(13(14)15)8(12-10)4-2-3-7-11/h2,4-6H,3,7H2,1H3. The molecule has 16 heavy (non-hydrogen) atoms. The van der Waals surface area contributed by atoms with E-state index in [4.69, 9.17) is 16.3 Å². The number of ether oxygens (including phenoxy) is 1. The number of rotatable bonds is 5. The number of aromatic nitrogens is 1. The first-order valence-corrected chi connectivity index (χ1v) is 5.14. The second-order valence-electron chi connectivity index (χ2n) is 2.90. The van der Waals surface area contributed by atoms with Crippen LogP contribution in [0.3, 0.4) is 0 Å². The molecule has 0 amide bonds. The van der Waals surface area contributed by atoms with Crippen molar-refractivity contribution in [2.24, 2.45) is 0 Å². The molecule has 0 aliphatic rings. The van der Waals surface area contributed by atoms with Crippen molar-refractivity contribution in [3.05, 3.63) is 34.0 Å². The maximum Gasteiger partial charge on any atom is 0.295 e. The van der Waals surface area contributed by atoms with Crippen LogP contribution in [0.25, 0.3) is 6.08 Å². The van der Waals surface area contributed by atoms with Gasteiger partial charge in [-0.2, -0.15) is 0 Å². The van der Waals surface area contributed by atoms with E-state index >= 15 is 0 Å². The molecule has 86 valence electrons. The molecule has 5 nitrogen and oxygen atoms in total. The minimum absolute atomic E-state index is 0.0494. The normalized spacial score (nSPS) is 10.6. The highest BCUT2D eigenvalue weighted by Crippen LogP contribution is 2.21. The fourth-order valence-corrected chi connectivity index (χ4v) is 1.22. The summed E-state index contributed by atoms with van der Waals surface area (Å²) >= 11 is 5.50. The Bertz CT molecular complexity index is 407. The van der Waals surface area contributed by atoms with Crippen molar-refractivity contribution in [3.8, 4) is 5.88 Å². The molecule has 6 heteroatoms. The number of methoxy groups -OCH3 is 1. The number of hydrogen-bond donors (Lipinski definition) is 0. The smallest absolute Gasteiger partial charge is 0.295 e. The molecule has 1 aromatic heterocycles. The Morgan fingerprint density at radius 1 is 1.62 bits per heavy atom. The molecule has 0 saturated carbocycles. The molecular formula is C10H11ClN2O3. The fraction of sp³-hybridized carbons (Fsp3) is 0.300. The van der Waals surface area contributed by atoms with Crippen LogP contribution in [0.1, 0.15) is 12.1 Å². The summed E-state index contributed by atoms with van der Waals surface area (Å²) in [7, 11) is 1.46. The summed E-state index contributed by atoms with van der Waals surface area (Å²) in [5.41, 5.74) is 0.223. The molecule has 0 spiro atoms. The molecule has 0 atom stereocenters. The number of hydrogen-bond acceptors (Lipinski definition) is 4. The Balaban J connectivity index is 3.05. The highest BCUT2D eigenvalue weighted by Gasteiger charge is 2.13. The lowest BCUT2D eigenvalue weighted by molar-refractivity contribution is -0.385. The van der Waals surface area contributed by atoms with E-state index in [1.807, 2.05) is 0 Å². The van der Waals surface area contributed by atoms with Gasteiger partial charge in [-0.05, 0) is 12.5 Å². The van der Waals surface area contributed by atoms with E-state index in [0.29, 0.717) is 18.2 Å². The van der Waals surface area contributed by atoms with Crippen LogP contribution in [-0.4, -0.2) is 22.9 Å². The van der Waals surface area contributed by atoms with Crippen LogP contribution in [0.4, 0.5) is 5.69 Å². The van der Waals surface area contributed by atoms with Gasteiger partial charge < -0.3 is 4.74 Å². The van der Waals surface area contributed by atoms with Gasteiger partial charge in [-0.25, -0.2) is 4.98 Å². The van der Waals surface area contributed by atoms with Crippen molar-refractivity contribution in [3.63, 3.8) is 0 Å². The SMILES string of the molecule is COc1ccc([N+](=O)[O-])c(C=CCCCl)n1. The average Bonchev–Trinajstić information content (AvgIpc) is 2.29. The number of nitrogens with zero attached hydrogens (tertiary/aromatic N) is 2. The quantitative estimate of drug-likeness (QED) is 0.452. The molecule has 1 rings (SSSR count). The lowest BCUT2D eigenvalue weighted by atomic mass is 10.2. The largest absolute Gasteiger partial charge is 0.481 e. The van der Waals surface area contributed by atoms with E-state index in [-0.39, 0.29) is 11.4 Å². The number of pyridine rings is 1. The topological polar surface area (TPSA) is 65.3 Å². The fourth-order valence-electron chi connectivity index (χ4n) is 1.10. The summed E-state index contributed by atoms with van der Waals surface area (Å²) in [6.07, 6.45) is 3.95. The van der Waals surface area contributed by atoms with Gasteiger partial charge in [-0.15, -0.1) is 11.6 Å². The molecule has 0 radical (unpaired) electrons. The Hall–Kier alpha value is -1.62. The van der Waals surface area contributed by atoms with E-state index < -0.39 is 4.92 Å². The predicted molar refractivity (Wildman–Crippen MR) is 61.8 cm³/mol. The monoisotopic (exact) mass is 242 g/mol. The molecule has 0 fully saturated rings. The molecule has 0 bridgehead atoms. The zero-order chi connectivity index (χ0) is 12.0. The second-order valence-corrected chi connectivity index (χ2v) is 3.27. The molecule has 1 aromatic rings. The van der Waals surface area contributed by atoms with Gasteiger partial charge in [0.15, 0.2) is 0 Å². The minimum Gasteiger partial charge on any atom is -0.481 e. The average molecular weight is 243 g/mol. The molecule has 0 aliphatic carbocycles. The number of allylic oxidation sites excluding steroid dienone is 1. The molecule has 0 aromatic carbocycles. The third-order valence-electron chi connectivity index (χ3n) is 1.83. The first kappa shape index (κ1) is 12.4. The van der Waals surface area contributed by atoms with Crippen LogP contribution in [0, 0.1) is 10.1 Å². The summed E-state index contributed by atoms with van der Waals surface area (Å²) in [6.45, 7) is 0. The number of nitro groups is 1. The highest BCUT2D eigenvalue weighted by atomic mass is 35.5. The van der Waals surface area contributed by atoms with Crippen LogP contribution in [0.15, 0.2) is 18.2 Å². The third-order valence-corrected chi connectivity index (χ3v) is 2.05. The van der Waals surface area contributed by atoms with Crippen molar-refractivity contribution >= 4 is 23.4 Å². The lowest BCUT2D eigenvalue weighted by Crippen LogP contribution is -1.96. The van der Waals surface area contributed by atoms with E-state index in [1.54, 1.807) is 12.2 Å². The predicted octanol–water partition coefficient (Wildman–Crippen LogP) is 2.64. The molecular weight excluding hydrogens is 232 g/mol. The zero-order valence-corrected chi connectivity index (χ0v) is 9.48. The Morgan fingerprint density at radius 3 is 2.94 bits per heavy atom. The summed E-state index contributed by atoms with van der Waals surface area (Å²) in [5, 5.41) is 10.7. The van der Waals surface area contributed by atoms with Gasteiger partial charge in [0, 0.05) is 18.0 Å². The van der Waals surface area contributed by atoms with Crippen LogP contribution in [0.5, 0.6) is 5.88 Å². The minimum atomic E-state index is -0.479. The van der Waals surface area contributed by atoms with Crippen molar-refractivity contribution in [2.45, 2.75) is 6.42 Å². The summed E-state index contributed by atoms with van der Waals surface area (Å²) < 4.78 is 4.90. The van der Waals surface area contributed by atoms with Gasteiger partial charge in [-0.1, -0.05) is 6.08 Å². The van der Waals surface area contributed by atoms with Gasteiger partial charge in [0.25, 0.3) is 5.69 Å². The van der Waals surface area contributed by atoms with Gasteiger partial charge in [0.05, 0.1) is 12.0 Å². The van der Waals surface area contributed by atoms with Gasteiger partial charge in [0.2, 0.25) is 5.88 Å². The Labute approximate surface area is 97.9 Å². The number of halogens is 1. The van der Waals surface area contributed by atoms with Crippen LogP contribution < -0.4 is 4.74 Å². The lowest BCUT2D eigenvalue weighted by Gasteiger charge is -2.00.